The summed E-state index contributed by atoms with van der Waals surface area (Å²) >= 11 is 1.55. The molecule has 2 aliphatic rings. The van der Waals surface area contributed by atoms with Gasteiger partial charge < -0.3 is 10.6 Å². The van der Waals surface area contributed by atoms with Crippen molar-refractivity contribution in [2.45, 2.75) is 38.0 Å². The molecule has 4 nitrogen and oxygen atoms in total. The number of nitrogens with zero attached hydrogens (tertiary/aromatic N) is 1. The van der Waals surface area contributed by atoms with E-state index in [0.717, 1.165) is 30.3 Å². The quantitative estimate of drug-likeness (QED) is 0.879. The minimum Gasteiger partial charge on any atom is -0.316 e. The highest BCUT2D eigenvalue weighted by molar-refractivity contribution is 7.13. The second-order valence-corrected chi connectivity index (χ2v) is 6.16. The lowest BCUT2D eigenvalue weighted by molar-refractivity contribution is -0.116. The van der Waals surface area contributed by atoms with Gasteiger partial charge in [-0.25, -0.2) is 4.98 Å². The average molecular weight is 302 g/mol. The number of hydrogen-bond acceptors (Lipinski definition) is 4. The van der Waals surface area contributed by atoms with Gasteiger partial charge in [-0.15, -0.1) is 23.7 Å². The van der Waals surface area contributed by atoms with Crippen molar-refractivity contribution >= 4 is 34.8 Å². The highest BCUT2D eigenvalue weighted by Gasteiger charge is 2.26. The predicted molar refractivity (Wildman–Crippen MR) is 80.2 cm³/mol. The minimum absolute atomic E-state index is 0. The standard InChI is InChI=1S/C13H19N3OS.ClH/c17-12(4-1-9-5-6-14-7-9)16-13-15-11(8-18-13)10-2-3-10;/h8-10,14H,1-7H2,(H,15,16,17);1H. The zero-order chi connectivity index (χ0) is 12.4. The molecule has 2 heterocycles. The summed E-state index contributed by atoms with van der Waals surface area (Å²) < 4.78 is 0. The van der Waals surface area contributed by atoms with Gasteiger partial charge in [0.25, 0.3) is 0 Å². The summed E-state index contributed by atoms with van der Waals surface area (Å²) in [6, 6.07) is 0. The van der Waals surface area contributed by atoms with Crippen LogP contribution in [0.25, 0.3) is 0 Å². The van der Waals surface area contributed by atoms with E-state index >= 15 is 0 Å². The summed E-state index contributed by atoms with van der Waals surface area (Å²) in [4.78, 5) is 16.3. The number of thiazole rings is 1. The SMILES string of the molecule is Cl.O=C(CCC1CCNC1)Nc1nc(C2CC2)cs1. The first-order valence-electron chi connectivity index (χ1n) is 6.77. The van der Waals surface area contributed by atoms with Crippen molar-refractivity contribution in [2.75, 3.05) is 18.4 Å². The van der Waals surface area contributed by atoms with Crippen LogP contribution in [-0.4, -0.2) is 24.0 Å². The summed E-state index contributed by atoms with van der Waals surface area (Å²) in [5.74, 6) is 1.45. The Morgan fingerprint density at radius 2 is 2.32 bits per heavy atom. The van der Waals surface area contributed by atoms with Crippen LogP contribution in [0, 0.1) is 5.92 Å². The number of nitrogens with one attached hydrogen (secondary N) is 2. The number of amides is 1. The van der Waals surface area contributed by atoms with Gasteiger partial charge >= 0.3 is 0 Å². The molecule has 1 aliphatic carbocycles. The van der Waals surface area contributed by atoms with E-state index in [2.05, 4.69) is 21.0 Å². The molecule has 1 saturated heterocycles. The Labute approximate surface area is 123 Å². The summed E-state index contributed by atoms with van der Waals surface area (Å²) in [7, 11) is 0. The van der Waals surface area contributed by atoms with Crippen molar-refractivity contribution < 1.29 is 4.79 Å². The van der Waals surface area contributed by atoms with Gasteiger partial charge in [-0.1, -0.05) is 0 Å². The lowest BCUT2D eigenvalue weighted by Gasteiger charge is -2.06. The van der Waals surface area contributed by atoms with E-state index in [1.807, 2.05) is 0 Å². The number of anilines is 1. The summed E-state index contributed by atoms with van der Waals surface area (Å²) in [6.07, 6.45) is 5.32. The van der Waals surface area contributed by atoms with E-state index in [9.17, 15) is 4.79 Å². The fraction of sp³-hybridized carbons (Fsp3) is 0.692. The number of rotatable bonds is 5. The van der Waals surface area contributed by atoms with Crippen LogP contribution in [0.1, 0.15) is 43.7 Å². The van der Waals surface area contributed by atoms with Gasteiger partial charge in [0, 0.05) is 17.7 Å². The second kappa shape index (κ2) is 6.68. The fourth-order valence-electron chi connectivity index (χ4n) is 2.39. The van der Waals surface area contributed by atoms with Gasteiger partial charge in [-0.05, 0) is 44.7 Å². The van der Waals surface area contributed by atoms with Crippen molar-refractivity contribution in [1.29, 1.82) is 0 Å². The van der Waals surface area contributed by atoms with Gasteiger partial charge in [0.1, 0.15) is 0 Å². The molecule has 0 spiro atoms. The van der Waals surface area contributed by atoms with Gasteiger partial charge in [0.05, 0.1) is 5.69 Å². The van der Waals surface area contributed by atoms with Gasteiger partial charge in [-0.3, -0.25) is 4.79 Å². The second-order valence-electron chi connectivity index (χ2n) is 5.30. The molecule has 1 aliphatic heterocycles. The highest BCUT2D eigenvalue weighted by Crippen LogP contribution is 2.40. The number of halogens is 1. The molecule has 1 saturated carbocycles. The molecule has 0 radical (unpaired) electrons. The molecule has 1 aromatic rings. The molecular formula is C13H20ClN3OS. The molecule has 2 N–H and O–H groups in total. The first-order chi connectivity index (χ1) is 8.81. The maximum Gasteiger partial charge on any atom is 0.226 e. The summed E-state index contributed by atoms with van der Waals surface area (Å²) in [6.45, 7) is 2.17. The Balaban J connectivity index is 0.00000133. The van der Waals surface area contributed by atoms with Crippen LogP contribution in [-0.2, 0) is 4.79 Å². The van der Waals surface area contributed by atoms with Crippen LogP contribution in [0.3, 0.4) is 0 Å². The highest BCUT2D eigenvalue weighted by atomic mass is 35.5. The normalized spacial score (nSPS) is 22.0. The van der Waals surface area contributed by atoms with Crippen LogP contribution in [0.4, 0.5) is 5.13 Å². The minimum atomic E-state index is 0. The van der Waals surface area contributed by atoms with E-state index in [-0.39, 0.29) is 18.3 Å². The third kappa shape index (κ3) is 4.16. The predicted octanol–water partition coefficient (Wildman–Crippen LogP) is 2.77. The average Bonchev–Trinajstić information content (AvgIpc) is 2.90. The molecule has 3 rings (SSSR count). The molecule has 1 aromatic heterocycles. The van der Waals surface area contributed by atoms with Crippen LogP contribution in [0.15, 0.2) is 5.38 Å². The van der Waals surface area contributed by atoms with Crippen molar-refractivity contribution in [3.05, 3.63) is 11.1 Å². The smallest absolute Gasteiger partial charge is 0.226 e. The van der Waals surface area contributed by atoms with Crippen LogP contribution >= 0.6 is 23.7 Å². The number of carbonyl (C=O) groups excluding carboxylic acids is 1. The largest absolute Gasteiger partial charge is 0.316 e. The first-order valence-corrected chi connectivity index (χ1v) is 7.65. The van der Waals surface area contributed by atoms with E-state index in [4.69, 9.17) is 0 Å². The molecule has 19 heavy (non-hydrogen) atoms. The molecule has 106 valence electrons. The van der Waals surface area contributed by atoms with Gasteiger partial charge in [-0.2, -0.15) is 0 Å². The van der Waals surface area contributed by atoms with Crippen LogP contribution in [0.5, 0.6) is 0 Å². The van der Waals surface area contributed by atoms with Crippen molar-refractivity contribution in [3.63, 3.8) is 0 Å². The third-order valence-electron chi connectivity index (χ3n) is 3.71. The van der Waals surface area contributed by atoms with Crippen LogP contribution in [0.2, 0.25) is 0 Å². The van der Waals surface area contributed by atoms with E-state index < -0.39 is 0 Å². The van der Waals surface area contributed by atoms with Crippen molar-refractivity contribution in [3.8, 4) is 0 Å². The molecule has 0 bridgehead atoms. The van der Waals surface area contributed by atoms with E-state index in [0.29, 0.717) is 18.3 Å². The Bertz CT molecular complexity index is 427. The topological polar surface area (TPSA) is 54.0 Å². The van der Waals surface area contributed by atoms with E-state index in [1.165, 1.54) is 19.3 Å². The summed E-state index contributed by atoms with van der Waals surface area (Å²) in [5, 5.41) is 9.09. The Morgan fingerprint density at radius 1 is 1.47 bits per heavy atom. The number of hydrogen-bond donors (Lipinski definition) is 2. The number of aromatic nitrogens is 1. The lowest BCUT2D eigenvalue weighted by atomic mass is 10.0. The molecular weight excluding hydrogens is 282 g/mol. The van der Waals surface area contributed by atoms with E-state index in [1.54, 1.807) is 11.3 Å². The maximum atomic E-state index is 11.8. The third-order valence-corrected chi connectivity index (χ3v) is 4.48. The van der Waals surface area contributed by atoms with Gasteiger partial charge in [0.15, 0.2) is 5.13 Å². The maximum absolute atomic E-state index is 11.8. The molecule has 2 fully saturated rings. The van der Waals surface area contributed by atoms with Crippen molar-refractivity contribution in [1.82, 2.24) is 10.3 Å². The first kappa shape index (κ1) is 14.8. The molecule has 0 aromatic carbocycles. The molecule has 1 unspecified atom stereocenters. The molecule has 1 atom stereocenters. The monoisotopic (exact) mass is 301 g/mol. The molecule has 1 amide bonds. The zero-order valence-corrected chi connectivity index (χ0v) is 12.5. The van der Waals surface area contributed by atoms with Gasteiger partial charge in [0.2, 0.25) is 5.91 Å². The van der Waals surface area contributed by atoms with Crippen LogP contribution < -0.4 is 10.6 Å². The Morgan fingerprint density at radius 3 is 3.00 bits per heavy atom. The fourth-order valence-corrected chi connectivity index (χ4v) is 3.20. The Kier molecular flexibility index (Phi) is 5.19. The van der Waals surface area contributed by atoms with Crippen molar-refractivity contribution in [2.24, 2.45) is 5.92 Å². The molecule has 6 heteroatoms. The Hall–Kier alpha value is -0.650. The summed E-state index contributed by atoms with van der Waals surface area (Å²) in [5.41, 5.74) is 1.16. The lowest BCUT2D eigenvalue weighted by Crippen LogP contribution is -2.14. The number of carbonyl (C=O) groups is 1. The zero-order valence-electron chi connectivity index (χ0n) is 10.9.